The van der Waals surface area contributed by atoms with Gasteiger partial charge in [0.1, 0.15) is 17.3 Å². The Bertz CT molecular complexity index is 1520. The fraction of sp³-hybridized carbons (Fsp3) is 0.194. The van der Waals surface area contributed by atoms with Crippen LogP contribution in [-0.4, -0.2) is 21.1 Å². The predicted octanol–water partition coefficient (Wildman–Crippen LogP) is 6.75. The molecule has 7 heteroatoms. The summed E-state index contributed by atoms with van der Waals surface area (Å²) in [5.74, 6) is 0.113. The highest BCUT2D eigenvalue weighted by Gasteiger charge is 2.29. The van der Waals surface area contributed by atoms with Crippen LogP contribution in [-0.2, 0) is 14.9 Å². The van der Waals surface area contributed by atoms with Gasteiger partial charge in [0.15, 0.2) is 0 Å². The van der Waals surface area contributed by atoms with Crippen molar-refractivity contribution in [2.75, 3.05) is 6.61 Å². The van der Waals surface area contributed by atoms with Crippen LogP contribution < -0.4 is 9.50 Å². The minimum Gasteiger partial charge on any atom is -0.449 e. The van der Waals surface area contributed by atoms with Crippen molar-refractivity contribution < 1.29 is 22.1 Å². The lowest BCUT2D eigenvalue weighted by molar-refractivity contribution is 0.138. The molecule has 4 aromatic carbocycles. The first-order valence-electron chi connectivity index (χ1n) is 12.6. The number of para-hydroxylation sites is 1. The van der Waals surface area contributed by atoms with Crippen molar-refractivity contribution in [1.29, 1.82) is 0 Å². The van der Waals surface area contributed by atoms with Crippen LogP contribution in [0.15, 0.2) is 102 Å². The SMILES string of the molecule is CCC(NC(=O)OCC1c2ccccc2-c2ccccc21)c1ccccc1OS(=O)(=O)c1ccc(C)cc1. The zero-order chi connectivity index (χ0) is 26.7. The van der Waals surface area contributed by atoms with Crippen molar-refractivity contribution in [1.82, 2.24) is 5.32 Å². The van der Waals surface area contributed by atoms with E-state index in [2.05, 4.69) is 29.6 Å². The van der Waals surface area contributed by atoms with Gasteiger partial charge in [0.05, 0.1) is 6.04 Å². The van der Waals surface area contributed by atoms with E-state index in [4.69, 9.17) is 8.92 Å². The number of benzene rings is 4. The summed E-state index contributed by atoms with van der Waals surface area (Å²) in [5, 5.41) is 2.89. The van der Waals surface area contributed by atoms with E-state index in [-0.39, 0.29) is 23.2 Å². The molecule has 4 aromatic rings. The molecule has 0 spiro atoms. The van der Waals surface area contributed by atoms with Crippen molar-refractivity contribution in [2.45, 2.75) is 37.1 Å². The topological polar surface area (TPSA) is 81.7 Å². The normalized spacial score (nSPS) is 13.3. The maximum atomic E-state index is 12.9. The summed E-state index contributed by atoms with van der Waals surface area (Å²) in [5.41, 5.74) is 6.08. The lowest BCUT2D eigenvalue weighted by atomic mass is 9.98. The smallest absolute Gasteiger partial charge is 0.407 e. The average Bonchev–Trinajstić information content (AvgIpc) is 3.25. The molecule has 1 aliphatic carbocycles. The number of alkyl carbamates (subject to hydrolysis) is 1. The summed E-state index contributed by atoms with van der Waals surface area (Å²) in [6.45, 7) is 3.98. The molecule has 0 saturated carbocycles. The van der Waals surface area contributed by atoms with Gasteiger partial charge in [-0.25, -0.2) is 4.79 Å². The molecule has 0 saturated heterocycles. The predicted molar refractivity (Wildman–Crippen MR) is 147 cm³/mol. The number of hydrogen-bond acceptors (Lipinski definition) is 5. The highest BCUT2D eigenvalue weighted by molar-refractivity contribution is 7.87. The molecule has 6 nitrogen and oxygen atoms in total. The maximum Gasteiger partial charge on any atom is 0.407 e. The second kappa shape index (κ2) is 10.7. The molecule has 194 valence electrons. The molecule has 0 bridgehead atoms. The molecule has 38 heavy (non-hydrogen) atoms. The van der Waals surface area contributed by atoms with Crippen LogP contribution in [0.3, 0.4) is 0 Å². The number of hydrogen-bond donors (Lipinski definition) is 1. The van der Waals surface area contributed by atoms with E-state index in [1.165, 1.54) is 12.1 Å². The van der Waals surface area contributed by atoms with Crippen LogP contribution >= 0.6 is 0 Å². The highest BCUT2D eigenvalue weighted by Crippen LogP contribution is 2.44. The highest BCUT2D eigenvalue weighted by atomic mass is 32.2. The van der Waals surface area contributed by atoms with Crippen molar-refractivity contribution in [2.24, 2.45) is 0 Å². The lowest BCUT2D eigenvalue weighted by Crippen LogP contribution is -2.30. The van der Waals surface area contributed by atoms with E-state index in [1.807, 2.05) is 38.1 Å². The van der Waals surface area contributed by atoms with Crippen molar-refractivity contribution in [3.05, 3.63) is 119 Å². The zero-order valence-corrected chi connectivity index (χ0v) is 22.1. The Morgan fingerprint density at radius 2 is 1.42 bits per heavy atom. The van der Waals surface area contributed by atoms with E-state index in [0.717, 1.165) is 27.8 Å². The molecule has 5 rings (SSSR count). The third-order valence-electron chi connectivity index (χ3n) is 6.85. The quantitative estimate of drug-likeness (QED) is 0.256. The summed E-state index contributed by atoms with van der Waals surface area (Å²) in [4.78, 5) is 13.0. The van der Waals surface area contributed by atoms with Crippen molar-refractivity contribution in [3.8, 4) is 16.9 Å². The van der Waals surface area contributed by atoms with Gasteiger partial charge in [-0.1, -0.05) is 91.3 Å². The Morgan fingerprint density at radius 3 is 2.05 bits per heavy atom. The number of nitrogens with one attached hydrogen (secondary N) is 1. The lowest BCUT2D eigenvalue weighted by Gasteiger charge is -2.21. The molecule has 0 fully saturated rings. The zero-order valence-electron chi connectivity index (χ0n) is 21.3. The van der Waals surface area contributed by atoms with Gasteiger partial charge in [0, 0.05) is 11.5 Å². The van der Waals surface area contributed by atoms with E-state index in [1.54, 1.807) is 36.4 Å². The molecular formula is C31H29NO5S. The Hall–Kier alpha value is -4.10. The molecule has 0 heterocycles. The van der Waals surface area contributed by atoms with Crippen molar-refractivity contribution >= 4 is 16.2 Å². The Morgan fingerprint density at radius 1 is 0.842 bits per heavy atom. The van der Waals surface area contributed by atoms with Crippen LogP contribution in [0.5, 0.6) is 5.75 Å². The van der Waals surface area contributed by atoms with Crippen LogP contribution in [0.2, 0.25) is 0 Å². The van der Waals surface area contributed by atoms with E-state index >= 15 is 0 Å². The van der Waals surface area contributed by atoms with Gasteiger partial charge in [-0.05, 0) is 53.8 Å². The number of fused-ring (bicyclic) bond motifs is 3. The maximum absolute atomic E-state index is 12.9. The Labute approximate surface area is 223 Å². The largest absolute Gasteiger partial charge is 0.449 e. The number of rotatable bonds is 8. The minimum absolute atomic E-state index is 0.0523. The molecular weight excluding hydrogens is 498 g/mol. The summed E-state index contributed by atoms with van der Waals surface area (Å²) in [7, 11) is -4.04. The van der Waals surface area contributed by atoms with Gasteiger partial charge in [0.25, 0.3) is 0 Å². The van der Waals surface area contributed by atoms with E-state index in [0.29, 0.717) is 12.0 Å². The second-order valence-corrected chi connectivity index (χ2v) is 10.9. The molecule has 0 aliphatic heterocycles. The van der Waals surface area contributed by atoms with Gasteiger partial charge in [-0.15, -0.1) is 0 Å². The molecule has 1 atom stereocenters. The number of carbonyl (C=O) groups excluding carboxylic acids is 1. The summed E-state index contributed by atoms with van der Waals surface area (Å²) < 4.78 is 37.1. The van der Waals surface area contributed by atoms with Gasteiger partial charge < -0.3 is 14.2 Å². The number of carbonyl (C=O) groups is 1. The molecule has 0 radical (unpaired) electrons. The number of amides is 1. The first kappa shape index (κ1) is 25.5. The average molecular weight is 528 g/mol. The van der Waals surface area contributed by atoms with Crippen LogP contribution in [0.4, 0.5) is 4.79 Å². The van der Waals surface area contributed by atoms with Crippen LogP contribution in [0.1, 0.15) is 47.6 Å². The Kier molecular flexibility index (Phi) is 7.20. The first-order chi connectivity index (χ1) is 18.4. The first-order valence-corrected chi connectivity index (χ1v) is 14.0. The summed E-state index contributed by atoms with van der Waals surface area (Å²) in [6, 6.07) is 29.1. The molecule has 1 amide bonds. The van der Waals surface area contributed by atoms with Gasteiger partial charge in [0.2, 0.25) is 0 Å². The molecule has 1 aliphatic rings. The Balaban J connectivity index is 1.30. The standard InChI is InChI=1S/C31H29NO5S/c1-3-29(27-14-8-9-15-30(27)37-38(34,35)22-18-16-21(2)17-19-22)32-31(33)36-20-28-25-12-6-4-10-23(25)24-11-5-7-13-26(24)28/h4-19,28-29H,3,20H2,1-2H3,(H,32,33). The minimum atomic E-state index is -4.04. The second-order valence-electron chi connectivity index (χ2n) is 9.32. The van der Waals surface area contributed by atoms with Gasteiger partial charge >= 0.3 is 16.2 Å². The summed E-state index contributed by atoms with van der Waals surface area (Å²) in [6.07, 6.45) is -0.0651. The number of aryl methyl sites for hydroxylation is 1. The molecule has 1 unspecified atom stereocenters. The van der Waals surface area contributed by atoms with Crippen molar-refractivity contribution in [3.63, 3.8) is 0 Å². The van der Waals surface area contributed by atoms with Gasteiger partial charge in [-0.3, -0.25) is 0 Å². The third-order valence-corrected chi connectivity index (χ3v) is 8.10. The fourth-order valence-electron chi connectivity index (χ4n) is 4.90. The third kappa shape index (κ3) is 5.15. The molecule has 1 N–H and O–H groups in total. The molecule has 0 aromatic heterocycles. The number of ether oxygens (including phenoxy) is 1. The van der Waals surface area contributed by atoms with E-state index < -0.39 is 22.3 Å². The monoisotopic (exact) mass is 527 g/mol. The van der Waals surface area contributed by atoms with Crippen LogP contribution in [0, 0.1) is 6.92 Å². The summed E-state index contributed by atoms with van der Waals surface area (Å²) >= 11 is 0. The van der Waals surface area contributed by atoms with E-state index in [9.17, 15) is 13.2 Å². The fourth-order valence-corrected chi connectivity index (χ4v) is 5.85. The van der Waals surface area contributed by atoms with Crippen LogP contribution in [0.25, 0.3) is 11.1 Å². The van der Waals surface area contributed by atoms with Gasteiger partial charge in [-0.2, -0.15) is 8.42 Å².